The van der Waals surface area contributed by atoms with Gasteiger partial charge >= 0.3 is 0 Å². The van der Waals surface area contributed by atoms with E-state index >= 15 is 0 Å². The van der Waals surface area contributed by atoms with Gasteiger partial charge in [0.1, 0.15) is 16.5 Å². The van der Waals surface area contributed by atoms with E-state index in [9.17, 15) is 17.2 Å². The average molecular weight is 306 g/mol. The van der Waals surface area contributed by atoms with Crippen molar-refractivity contribution in [3.8, 4) is 0 Å². The molecular formula is C10H6ClF2N3O2S. The second-order valence-electron chi connectivity index (χ2n) is 3.42. The zero-order valence-corrected chi connectivity index (χ0v) is 10.7. The third-order valence-electron chi connectivity index (χ3n) is 2.05. The first kappa shape index (κ1) is 13.6. The lowest BCUT2D eigenvalue weighted by Gasteiger charge is -2.07. The highest BCUT2D eigenvalue weighted by atomic mass is 35.5. The quantitative estimate of drug-likeness (QED) is 0.943. The number of aromatic nitrogens is 2. The molecule has 0 spiro atoms. The van der Waals surface area contributed by atoms with Crippen molar-refractivity contribution in [3.05, 3.63) is 47.1 Å². The number of nitrogens with one attached hydrogen (secondary N) is 1. The van der Waals surface area contributed by atoms with Crippen LogP contribution in [0.4, 0.5) is 14.6 Å². The molecule has 2 aromatic rings. The fourth-order valence-corrected chi connectivity index (χ4v) is 2.41. The summed E-state index contributed by atoms with van der Waals surface area (Å²) in [5.74, 6) is -2.20. The third kappa shape index (κ3) is 3.15. The molecule has 1 aromatic heterocycles. The second kappa shape index (κ2) is 5.06. The standard InChI is InChI=1S/C10H6ClF2N3O2S/c11-9-3-4-10(15-14-9)16-19(17,18)8-2-1-6(12)5-7(8)13/h1-5H,(H,15,16). The summed E-state index contributed by atoms with van der Waals surface area (Å²) in [4.78, 5) is -0.689. The number of anilines is 1. The first-order chi connectivity index (χ1) is 8.88. The van der Waals surface area contributed by atoms with Gasteiger partial charge in [-0.25, -0.2) is 17.2 Å². The Hall–Kier alpha value is -1.80. The normalized spacial score (nSPS) is 11.3. The van der Waals surface area contributed by atoms with Crippen LogP contribution in [-0.2, 0) is 10.0 Å². The molecular weight excluding hydrogens is 300 g/mol. The lowest BCUT2D eigenvalue weighted by atomic mass is 10.3. The van der Waals surface area contributed by atoms with Crippen LogP contribution in [0.1, 0.15) is 0 Å². The maximum atomic E-state index is 13.4. The van der Waals surface area contributed by atoms with Crippen molar-refractivity contribution in [3.63, 3.8) is 0 Å². The van der Waals surface area contributed by atoms with Crippen LogP contribution in [0.2, 0.25) is 5.15 Å². The van der Waals surface area contributed by atoms with Gasteiger partial charge in [0.05, 0.1) is 0 Å². The Labute approximate surface area is 112 Å². The number of rotatable bonds is 3. The van der Waals surface area contributed by atoms with Crippen LogP contribution < -0.4 is 4.72 Å². The van der Waals surface area contributed by atoms with E-state index in [0.717, 1.165) is 12.1 Å². The predicted molar refractivity (Wildman–Crippen MR) is 64.2 cm³/mol. The number of nitrogens with zero attached hydrogens (tertiary/aromatic N) is 2. The average Bonchev–Trinajstić information content (AvgIpc) is 2.31. The minimum atomic E-state index is -4.21. The summed E-state index contributed by atoms with van der Waals surface area (Å²) in [6.07, 6.45) is 0. The van der Waals surface area contributed by atoms with Crippen LogP contribution >= 0.6 is 11.6 Å². The molecule has 5 nitrogen and oxygen atoms in total. The minimum absolute atomic E-state index is 0.0795. The van der Waals surface area contributed by atoms with Crippen LogP contribution in [-0.4, -0.2) is 18.6 Å². The van der Waals surface area contributed by atoms with E-state index in [4.69, 9.17) is 11.6 Å². The predicted octanol–water partition coefficient (Wildman–Crippen LogP) is 2.21. The number of hydrogen-bond donors (Lipinski definition) is 1. The summed E-state index contributed by atoms with van der Waals surface area (Å²) < 4.78 is 51.8. The summed E-state index contributed by atoms with van der Waals surface area (Å²) in [5, 5.41) is 6.98. The van der Waals surface area contributed by atoms with Crippen molar-refractivity contribution >= 4 is 27.4 Å². The molecule has 0 bridgehead atoms. The molecule has 0 aliphatic rings. The van der Waals surface area contributed by atoms with Crippen molar-refractivity contribution < 1.29 is 17.2 Å². The highest BCUT2D eigenvalue weighted by Gasteiger charge is 2.20. The summed E-state index contributed by atoms with van der Waals surface area (Å²) in [5.41, 5.74) is 0. The molecule has 9 heteroatoms. The SMILES string of the molecule is O=S(=O)(Nc1ccc(Cl)nn1)c1ccc(F)cc1F. The zero-order chi connectivity index (χ0) is 14.0. The Morgan fingerprint density at radius 3 is 2.42 bits per heavy atom. The summed E-state index contributed by atoms with van der Waals surface area (Å²) >= 11 is 5.49. The Balaban J connectivity index is 2.35. The fourth-order valence-electron chi connectivity index (χ4n) is 1.26. The van der Waals surface area contributed by atoms with Crippen molar-refractivity contribution in [2.75, 3.05) is 4.72 Å². The van der Waals surface area contributed by atoms with Gasteiger partial charge < -0.3 is 0 Å². The van der Waals surface area contributed by atoms with Gasteiger partial charge in [-0.1, -0.05) is 11.6 Å². The second-order valence-corrected chi connectivity index (χ2v) is 5.46. The van der Waals surface area contributed by atoms with Crippen molar-refractivity contribution in [2.24, 2.45) is 0 Å². The topological polar surface area (TPSA) is 72.0 Å². The Kier molecular flexibility index (Phi) is 3.63. The van der Waals surface area contributed by atoms with Crippen LogP contribution in [0.15, 0.2) is 35.2 Å². The van der Waals surface area contributed by atoms with Gasteiger partial charge in [-0.05, 0) is 24.3 Å². The first-order valence-corrected chi connectivity index (χ1v) is 6.72. The third-order valence-corrected chi connectivity index (χ3v) is 3.64. The maximum absolute atomic E-state index is 13.4. The highest BCUT2D eigenvalue weighted by molar-refractivity contribution is 7.92. The van der Waals surface area contributed by atoms with Crippen LogP contribution in [0.25, 0.3) is 0 Å². The molecule has 0 saturated carbocycles. The van der Waals surface area contributed by atoms with Crippen LogP contribution in [0.5, 0.6) is 0 Å². The van der Waals surface area contributed by atoms with Crippen molar-refractivity contribution in [1.29, 1.82) is 0 Å². The van der Waals surface area contributed by atoms with E-state index in [1.54, 1.807) is 0 Å². The monoisotopic (exact) mass is 305 g/mol. The summed E-state index contributed by atoms with van der Waals surface area (Å²) in [6, 6.07) is 4.70. The molecule has 1 aromatic carbocycles. The van der Waals surface area contributed by atoms with Gasteiger partial charge in [-0.15, -0.1) is 10.2 Å². The van der Waals surface area contributed by atoms with Gasteiger partial charge in [-0.2, -0.15) is 0 Å². The van der Waals surface area contributed by atoms with E-state index < -0.39 is 26.6 Å². The number of hydrogen-bond acceptors (Lipinski definition) is 4. The molecule has 0 radical (unpaired) electrons. The molecule has 0 aliphatic carbocycles. The lowest BCUT2D eigenvalue weighted by Crippen LogP contribution is -2.15. The fraction of sp³-hybridized carbons (Fsp3) is 0. The molecule has 1 N–H and O–H groups in total. The maximum Gasteiger partial charge on any atom is 0.266 e. The van der Waals surface area contributed by atoms with Gasteiger partial charge in [0.2, 0.25) is 0 Å². The van der Waals surface area contributed by atoms with Gasteiger partial charge in [0.15, 0.2) is 11.0 Å². The van der Waals surface area contributed by atoms with Gasteiger partial charge in [-0.3, -0.25) is 4.72 Å². The van der Waals surface area contributed by atoms with Crippen LogP contribution in [0.3, 0.4) is 0 Å². The molecule has 0 unspecified atom stereocenters. The number of halogens is 3. The van der Waals surface area contributed by atoms with E-state index in [1.807, 2.05) is 4.72 Å². The Morgan fingerprint density at radius 2 is 1.84 bits per heavy atom. The Bertz CT molecular complexity index is 707. The molecule has 0 fully saturated rings. The molecule has 0 atom stereocenters. The summed E-state index contributed by atoms with van der Waals surface area (Å²) in [7, 11) is -4.21. The molecule has 0 saturated heterocycles. The van der Waals surface area contributed by atoms with E-state index in [0.29, 0.717) is 6.07 Å². The summed E-state index contributed by atoms with van der Waals surface area (Å²) in [6.45, 7) is 0. The smallest absolute Gasteiger partial charge is 0.262 e. The zero-order valence-electron chi connectivity index (χ0n) is 9.14. The van der Waals surface area contributed by atoms with Gasteiger partial charge in [0.25, 0.3) is 10.0 Å². The number of sulfonamides is 1. The Morgan fingerprint density at radius 1 is 1.11 bits per heavy atom. The number of benzene rings is 1. The van der Waals surface area contributed by atoms with Crippen molar-refractivity contribution in [1.82, 2.24) is 10.2 Å². The minimum Gasteiger partial charge on any atom is -0.262 e. The largest absolute Gasteiger partial charge is 0.266 e. The first-order valence-electron chi connectivity index (χ1n) is 4.85. The van der Waals surface area contributed by atoms with Crippen LogP contribution in [0, 0.1) is 11.6 Å². The molecule has 100 valence electrons. The molecule has 0 amide bonds. The molecule has 19 heavy (non-hydrogen) atoms. The highest BCUT2D eigenvalue weighted by Crippen LogP contribution is 2.18. The molecule has 2 rings (SSSR count). The lowest BCUT2D eigenvalue weighted by molar-refractivity contribution is 0.551. The van der Waals surface area contributed by atoms with E-state index in [-0.39, 0.29) is 11.0 Å². The van der Waals surface area contributed by atoms with Crippen molar-refractivity contribution in [2.45, 2.75) is 4.90 Å². The molecule has 0 aliphatic heterocycles. The van der Waals surface area contributed by atoms with Gasteiger partial charge in [0, 0.05) is 6.07 Å². The van der Waals surface area contributed by atoms with E-state index in [1.165, 1.54) is 12.1 Å². The molecule has 1 heterocycles. The van der Waals surface area contributed by atoms with E-state index in [2.05, 4.69) is 10.2 Å².